The van der Waals surface area contributed by atoms with Gasteiger partial charge in [0.2, 0.25) is 11.8 Å². The number of carboxylic acid groups (broad SMARTS) is 1. The van der Waals surface area contributed by atoms with Gasteiger partial charge in [-0.3, -0.25) is 14.4 Å². The first kappa shape index (κ1) is 18.4. The van der Waals surface area contributed by atoms with Crippen molar-refractivity contribution in [3.63, 3.8) is 0 Å². The van der Waals surface area contributed by atoms with Crippen molar-refractivity contribution in [2.75, 3.05) is 38.3 Å². The van der Waals surface area contributed by atoms with Crippen molar-refractivity contribution >= 4 is 23.5 Å². The molecule has 1 aromatic rings. The summed E-state index contributed by atoms with van der Waals surface area (Å²) in [5.74, 6) is -1.60. The second-order valence-corrected chi connectivity index (χ2v) is 7.27. The zero-order chi connectivity index (χ0) is 18.9. The minimum absolute atomic E-state index is 0.0746. The second-order valence-electron chi connectivity index (χ2n) is 7.27. The summed E-state index contributed by atoms with van der Waals surface area (Å²) in [6, 6.07) is 7.63. The highest BCUT2D eigenvalue weighted by molar-refractivity contribution is 6.00. The molecule has 26 heavy (non-hydrogen) atoms. The molecule has 3 rings (SSSR count). The van der Waals surface area contributed by atoms with Crippen molar-refractivity contribution in [1.82, 2.24) is 4.90 Å². The largest absolute Gasteiger partial charge is 0.481 e. The summed E-state index contributed by atoms with van der Waals surface area (Å²) in [7, 11) is 1.46. The van der Waals surface area contributed by atoms with Crippen molar-refractivity contribution in [1.29, 1.82) is 0 Å². The predicted octanol–water partition coefficient (Wildman–Crippen LogP) is 1.30. The van der Waals surface area contributed by atoms with Gasteiger partial charge in [0.25, 0.3) is 0 Å². The number of carbonyl (C=O) groups is 3. The van der Waals surface area contributed by atoms with Gasteiger partial charge in [0.1, 0.15) is 5.41 Å². The van der Waals surface area contributed by atoms with Gasteiger partial charge in [0, 0.05) is 38.9 Å². The highest BCUT2D eigenvalue weighted by Crippen LogP contribution is 2.34. The van der Waals surface area contributed by atoms with Gasteiger partial charge in [-0.05, 0) is 25.5 Å². The van der Waals surface area contributed by atoms with Crippen LogP contribution in [0.15, 0.2) is 24.3 Å². The number of aryl methyl sites for hydroxylation is 1. The smallest absolute Gasteiger partial charge is 0.313 e. The first-order valence-electron chi connectivity index (χ1n) is 8.74. The lowest BCUT2D eigenvalue weighted by Crippen LogP contribution is -2.42. The fourth-order valence-corrected chi connectivity index (χ4v) is 3.80. The van der Waals surface area contributed by atoms with Gasteiger partial charge in [0.05, 0.1) is 12.5 Å². The van der Waals surface area contributed by atoms with Crippen LogP contribution in [0.25, 0.3) is 0 Å². The second kappa shape index (κ2) is 7.07. The van der Waals surface area contributed by atoms with Crippen LogP contribution in [0.4, 0.5) is 5.69 Å². The first-order chi connectivity index (χ1) is 12.4. The molecule has 2 saturated heterocycles. The monoisotopic (exact) mass is 360 g/mol. The van der Waals surface area contributed by atoms with Crippen molar-refractivity contribution in [2.45, 2.75) is 19.8 Å². The number of carboxylic acids is 1. The molecule has 2 unspecified atom stereocenters. The maximum absolute atomic E-state index is 12.9. The Kier molecular flexibility index (Phi) is 5.00. The maximum atomic E-state index is 12.9. The highest BCUT2D eigenvalue weighted by Gasteiger charge is 2.48. The van der Waals surface area contributed by atoms with E-state index >= 15 is 0 Å². The standard InChI is InChI=1S/C19H24N2O5/c1-13-3-5-15(6-4-13)21-10-14(9-16(21)22)17(23)20-8-7-19(11-20,12-26-2)18(24)25/h3-6,14H,7-12H2,1-2H3,(H,24,25). The lowest BCUT2D eigenvalue weighted by atomic mass is 9.88. The highest BCUT2D eigenvalue weighted by atomic mass is 16.5. The minimum Gasteiger partial charge on any atom is -0.481 e. The third kappa shape index (κ3) is 3.31. The van der Waals surface area contributed by atoms with Crippen molar-refractivity contribution < 1.29 is 24.2 Å². The van der Waals surface area contributed by atoms with E-state index in [9.17, 15) is 19.5 Å². The molecule has 2 aliphatic heterocycles. The third-order valence-corrected chi connectivity index (χ3v) is 5.36. The molecule has 2 fully saturated rings. The molecule has 2 atom stereocenters. The molecule has 0 spiro atoms. The lowest BCUT2D eigenvalue weighted by molar-refractivity contribution is -0.152. The molecular weight excluding hydrogens is 336 g/mol. The Labute approximate surface area is 152 Å². The Balaban J connectivity index is 1.69. The Hall–Kier alpha value is -2.41. The Morgan fingerprint density at radius 3 is 2.62 bits per heavy atom. The molecule has 2 heterocycles. The van der Waals surface area contributed by atoms with E-state index in [2.05, 4.69) is 0 Å². The van der Waals surface area contributed by atoms with Crippen LogP contribution in [-0.2, 0) is 19.1 Å². The van der Waals surface area contributed by atoms with Crippen LogP contribution in [0.2, 0.25) is 0 Å². The molecule has 0 aliphatic carbocycles. The van der Waals surface area contributed by atoms with Gasteiger partial charge in [-0.15, -0.1) is 0 Å². The van der Waals surface area contributed by atoms with Gasteiger partial charge in [-0.25, -0.2) is 0 Å². The summed E-state index contributed by atoms with van der Waals surface area (Å²) in [4.78, 5) is 40.1. The summed E-state index contributed by atoms with van der Waals surface area (Å²) >= 11 is 0. The molecule has 1 N–H and O–H groups in total. The van der Waals surface area contributed by atoms with Gasteiger partial charge >= 0.3 is 5.97 Å². The number of anilines is 1. The number of ether oxygens (including phenoxy) is 1. The van der Waals surface area contributed by atoms with Crippen LogP contribution in [0.3, 0.4) is 0 Å². The fraction of sp³-hybridized carbons (Fsp3) is 0.526. The van der Waals surface area contributed by atoms with E-state index in [1.165, 1.54) is 7.11 Å². The molecule has 0 saturated carbocycles. The average Bonchev–Trinajstić information content (AvgIpc) is 3.20. The zero-order valence-corrected chi connectivity index (χ0v) is 15.1. The Morgan fingerprint density at radius 2 is 2.00 bits per heavy atom. The van der Waals surface area contributed by atoms with Crippen LogP contribution >= 0.6 is 0 Å². The van der Waals surface area contributed by atoms with Crippen molar-refractivity contribution in [3.8, 4) is 0 Å². The number of benzene rings is 1. The molecule has 2 aliphatic rings. The summed E-state index contributed by atoms with van der Waals surface area (Å²) in [6.45, 7) is 2.89. The molecule has 7 nitrogen and oxygen atoms in total. The molecule has 140 valence electrons. The molecule has 0 aromatic heterocycles. The predicted molar refractivity (Wildman–Crippen MR) is 94.8 cm³/mol. The Morgan fingerprint density at radius 1 is 1.31 bits per heavy atom. The number of amides is 2. The van der Waals surface area contributed by atoms with Gasteiger partial charge in [0.15, 0.2) is 0 Å². The molecular formula is C19H24N2O5. The minimum atomic E-state index is -1.05. The van der Waals surface area contributed by atoms with E-state index in [0.717, 1.165) is 11.3 Å². The molecule has 7 heteroatoms. The first-order valence-corrected chi connectivity index (χ1v) is 8.74. The lowest BCUT2D eigenvalue weighted by Gasteiger charge is -2.25. The van der Waals surface area contributed by atoms with E-state index in [4.69, 9.17) is 4.74 Å². The number of nitrogens with zero attached hydrogens (tertiary/aromatic N) is 2. The number of carbonyl (C=O) groups excluding carboxylic acids is 2. The topological polar surface area (TPSA) is 87.1 Å². The maximum Gasteiger partial charge on any atom is 0.313 e. The summed E-state index contributed by atoms with van der Waals surface area (Å²) in [6.07, 6.45) is 0.526. The zero-order valence-electron chi connectivity index (χ0n) is 15.1. The fourth-order valence-electron chi connectivity index (χ4n) is 3.80. The molecule has 0 bridgehead atoms. The number of likely N-dealkylation sites (tertiary alicyclic amines) is 1. The van der Waals surface area contributed by atoms with Gasteiger partial charge in [-0.1, -0.05) is 17.7 Å². The third-order valence-electron chi connectivity index (χ3n) is 5.36. The van der Waals surface area contributed by atoms with E-state index in [-0.39, 0.29) is 31.4 Å². The number of aliphatic carboxylic acids is 1. The van der Waals surface area contributed by atoms with Gasteiger partial charge in [-0.2, -0.15) is 0 Å². The van der Waals surface area contributed by atoms with Crippen LogP contribution in [0.1, 0.15) is 18.4 Å². The number of methoxy groups -OCH3 is 1. The van der Waals surface area contributed by atoms with Crippen LogP contribution < -0.4 is 4.90 Å². The summed E-state index contributed by atoms with van der Waals surface area (Å²) in [5, 5.41) is 9.53. The number of rotatable bonds is 5. The van der Waals surface area contributed by atoms with Crippen molar-refractivity contribution in [3.05, 3.63) is 29.8 Å². The van der Waals surface area contributed by atoms with E-state index in [1.54, 1.807) is 9.80 Å². The normalized spacial score (nSPS) is 25.8. The van der Waals surface area contributed by atoms with Crippen molar-refractivity contribution in [2.24, 2.45) is 11.3 Å². The number of hydrogen-bond acceptors (Lipinski definition) is 4. The van der Waals surface area contributed by atoms with Crippen LogP contribution in [-0.4, -0.2) is 61.1 Å². The quantitative estimate of drug-likeness (QED) is 0.855. The van der Waals surface area contributed by atoms with Gasteiger partial charge < -0.3 is 19.6 Å². The van der Waals surface area contributed by atoms with E-state index in [0.29, 0.717) is 19.5 Å². The van der Waals surface area contributed by atoms with Crippen LogP contribution in [0, 0.1) is 18.3 Å². The van der Waals surface area contributed by atoms with Crippen LogP contribution in [0.5, 0.6) is 0 Å². The van der Waals surface area contributed by atoms with E-state index in [1.807, 2.05) is 31.2 Å². The number of hydrogen-bond donors (Lipinski definition) is 1. The Bertz CT molecular complexity index is 717. The average molecular weight is 360 g/mol. The summed E-state index contributed by atoms with van der Waals surface area (Å²) < 4.78 is 5.06. The molecule has 1 aromatic carbocycles. The summed E-state index contributed by atoms with van der Waals surface area (Å²) in [5.41, 5.74) is 0.841. The SMILES string of the molecule is COCC1(C(=O)O)CCN(C(=O)C2CC(=O)N(c3ccc(C)cc3)C2)C1. The molecule has 2 amide bonds. The van der Waals surface area contributed by atoms with E-state index < -0.39 is 17.3 Å². The molecule has 0 radical (unpaired) electrons.